The molecule has 0 saturated heterocycles. The molecule has 2 aliphatic rings. The summed E-state index contributed by atoms with van der Waals surface area (Å²) in [5.74, 6) is -0.0206. The molecular weight excluding hydrogens is 360 g/mol. The maximum absolute atomic E-state index is 12.9. The van der Waals surface area contributed by atoms with Crippen molar-refractivity contribution in [3.05, 3.63) is 58.7 Å². The van der Waals surface area contributed by atoms with Gasteiger partial charge in [0.05, 0.1) is 4.90 Å². The number of fused-ring (bicyclic) bond motifs is 2. The molecule has 0 bridgehead atoms. The van der Waals surface area contributed by atoms with Crippen molar-refractivity contribution in [3.8, 4) is 0 Å². The monoisotopic (exact) mass is 384 g/mol. The Balaban J connectivity index is 1.56. The maximum atomic E-state index is 12.9. The zero-order valence-electron chi connectivity index (χ0n) is 15.7. The summed E-state index contributed by atoms with van der Waals surface area (Å²) in [4.78, 5) is 13.6. The molecule has 1 aliphatic heterocycles. The first kappa shape index (κ1) is 18.2. The molecule has 1 atom stereocenters. The lowest BCUT2D eigenvalue weighted by molar-refractivity contribution is -0.116. The molecule has 4 rings (SSSR count). The van der Waals surface area contributed by atoms with Gasteiger partial charge in [-0.2, -0.15) is 0 Å². The number of nitrogens with one attached hydrogen (secondary N) is 1. The Hall–Kier alpha value is -2.18. The number of rotatable bonds is 4. The normalized spacial score (nSPS) is 16.9. The molecule has 1 heterocycles. The first-order valence-corrected chi connectivity index (χ1v) is 10.9. The van der Waals surface area contributed by atoms with Crippen LogP contribution in [-0.2, 0) is 34.1 Å². The molecule has 0 radical (unpaired) electrons. The topological polar surface area (TPSA) is 66.5 Å². The molecule has 0 saturated carbocycles. The van der Waals surface area contributed by atoms with Crippen molar-refractivity contribution in [1.82, 2.24) is 4.72 Å². The van der Waals surface area contributed by atoms with Gasteiger partial charge in [-0.3, -0.25) is 4.79 Å². The highest BCUT2D eigenvalue weighted by atomic mass is 32.2. The average molecular weight is 385 g/mol. The number of benzene rings is 2. The smallest absolute Gasteiger partial charge is 0.241 e. The van der Waals surface area contributed by atoms with E-state index in [4.69, 9.17) is 0 Å². The highest BCUT2D eigenvalue weighted by Gasteiger charge is 2.26. The van der Waals surface area contributed by atoms with E-state index in [1.807, 2.05) is 13.0 Å². The number of nitrogens with zero attached hydrogens (tertiary/aromatic N) is 1. The summed E-state index contributed by atoms with van der Waals surface area (Å²) in [5.41, 5.74) is 5.41. The minimum atomic E-state index is -3.63. The summed E-state index contributed by atoms with van der Waals surface area (Å²) in [6.45, 7) is 4.01. The predicted octanol–water partition coefficient (Wildman–Crippen LogP) is 3.12. The number of hydrogen-bond acceptors (Lipinski definition) is 3. The highest BCUT2D eigenvalue weighted by molar-refractivity contribution is 7.89. The number of carbonyl (C=O) groups is 1. The van der Waals surface area contributed by atoms with Gasteiger partial charge in [0.1, 0.15) is 0 Å². The fourth-order valence-corrected chi connectivity index (χ4v) is 5.38. The van der Waals surface area contributed by atoms with Gasteiger partial charge in [0.25, 0.3) is 0 Å². The van der Waals surface area contributed by atoms with Crippen LogP contribution in [0.5, 0.6) is 0 Å². The average Bonchev–Trinajstić information content (AvgIpc) is 3.26. The molecule has 2 aromatic rings. The van der Waals surface area contributed by atoms with Crippen molar-refractivity contribution in [2.75, 3.05) is 11.4 Å². The second-order valence-electron chi connectivity index (χ2n) is 7.44. The Kier molecular flexibility index (Phi) is 4.56. The third kappa shape index (κ3) is 3.39. The van der Waals surface area contributed by atoms with E-state index in [1.165, 1.54) is 24.5 Å². The number of sulfonamides is 1. The largest absolute Gasteiger partial charge is 0.312 e. The van der Waals surface area contributed by atoms with Crippen LogP contribution in [0.3, 0.4) is 0 Å². The molecule has 0 spiro atoms. The number of anilines is 1. The molecule has 0 aromatic heterocycles. The quantitative estimate of drug-likeness (QED) is 0.881. The van der Waals surface area contributed by atoms with E-state index in [-0.39, 0.29) is 16.8 Å². The van der Waals surface area contributed by atoms with Crippen molar-refractivity contribution in [3.63, 3.8) is 0 Å². The van der Waals surface area contributed by atoms with Gasteiger partial charge in [0.15, 0.2) is 0 Å². The van der Waals surface area contributed by atoms with E-state index in [9.17, 15) is 13.2 Å². The summed E-state index contributed by atoms with van der Waals surface area (Å²) in [5, 5.41) is 0. The second kappa shape index (κ2) is 6.77. The van der Waals surface area contributed by atoms with E-state index < -0.39 is 10.0 Å². The lowest BCUT2D eigenvalue weighted by atomic mass is 10.0. The molecule has 142 valence electrons. The number of hydrogen-bond donors (Lipinski definition) is 1. The van der Waals surface area contributed by atoms with Gasteiger partial charge in [-0.25, -0.2) is 13.1 Å². The molecule has 1 N–H and O–H groups in total. The van der Waals surface area contributed by atoms with Crippen LogP contribution in [0.4, 0.5) is 5.69 Å². The summed E-state index contributed by atoms with van der Waals surface area (Å²) in [7, 11) is -3.63. The van der Waals surface area contributed by atoms with Crippen molar-refractivity contribution in [2.45, 2.75) is 50.5 Å². The number of aryl methyl sites for hydroxylation is 2. The Bertz CT molecular complexity index is 1010. The van der Waals surface area contributed by atoms with Gasteiger partial charge in [-0.15, -0.1) is 0 Å². The third-order valence-electron chi connectivity index (χ3n) is 5.59. The Morgan fingerprint density at radius 2 is 1.81 bits per heavy atom. The van der Waals surface area contributed by atoms with Crippen molar-refractivity contribution < 1.29 is 13.2 Å². The van der Waals surface area contributed by atoms with Crippen LogP contribution in [0.1, 0.15) is 48.6 Å². The lowest BCUT2D eigenvalue weighted by Crippen LogP contribution is -2.27. The minimum absolute atomic E-state index is 0.0206. The van der Waals surface area contributed by atoms with Gasteiger partial charge in [-0.05, 0) is 73.1 Å². The van der Waals surface area contributed by atoms with Crippen molar-refractivity contribution in [1.29, 1.82) is 0 Å². The predicted molar refractivity (Wildman–Crippen MR) is 105 cm³/mol. The third-order valence-corrected chi connectivity index (χ3v) is 7.13. The molecule has 1 amide bonds. The molecule has 0 unspecified atom stereocenters. The second-order valence-corrected chi connectivity index (χ2v) is 9.15. The first-order valence-electron chi connectivity index (χ1n) is 9.40. The van der Waals surface area contributed by atoms with Gasteiger partial charge in [0, 0.05) is 25.2 Å². The van der Waals surface area contributed by atoms with Crippen molar-refractivity contribution in [2.24, 2.45) is 0 Å². The van der Waals surface area contributed by atoms with Crippen LogP contribution < -0.4 is 9.62 Å². The van der Waals surface area contributed by atoms with E-state index in [0.717, 1.165) is 29.7 Å². The molecule has 6 heteroatoms. The van der Waals surface area contributed by atoms with E-state index >= 15 is 0 Å². The van der Waals surface area contributed by atoms with E-state index in [0.29, 0.717) is 13.0 Å². The molecule has 2 aromatic carbocycles. The first-order chi connectivity index (χ1) is 12.8. The van der Waals surface area contributed by atoms with Crippen LogP contribution >= 0.6 is 0 Å². The zero-order chi connectivity index (χ0) is 19.2. The fourth-order valence-electron chi connectivity index (χ4n) is 4.10. The Morgan fingerprint density at radius 1 is 1.04 bits per heavy atom. The van der Waals surface area contributed by atoms with Crippen LogP contribution in [0, 0.1) is 0 Å². The summed E-state index contributed by atoms with van der Waals surface area (Å²) < 4.78 is 28.5. The molecule has 1 aliphatic carbocycles. The molecular formula is C21H24N2O3S. The van der Waals surface area contributed by atoms with Crippen LogP contribution in [0.2, 0.25) is 0 Å². The SMILES string of the molecule is CC(=O)N1CCc2cc(S(=O)(=O)N[C@@H](C)c3ccc4c(c3)CCC4)ccc21. The molecule has 27 heavy (non-hydrogen) atoms. The van der Waals surface area contributed by atoms with Gasteiger partial charge >= 0.3 is 0 Å². The Morgan fingerprint density at radius 3 is 2.59 bits per heavy atom. The fraction of sp³-hybridized carbons (Fsp3) is 0.381. The van der Waals surface area contributed by atoms with Gasteiger partial charge in [-0.1, -0.05) is 18.2 Å². The van der Waals surface area contributed by atoms with Crippen LogP contribution in [0.25, 0.3) is 0 Å². The van der Waals surface area contributed by atoms with Crippen LogP contribution in [0.15, 0.2) is 41.3 Å². The standard InChI is InChI=1S/C21H24N2O3S/c1-14(17-7-6-16-4-3-5-18(16)12-17)22-27(25,26)20-8-9-21-19(13-20)10-11-23(21)15(2)24/h6-9,12-14,22H,3-5,10-11H2,1-2H3/t14-/m0/s1. The zero-order valence-corrected chi connectivity index (χ0v) is 16.5. The summed E-state index contributed by atoms with van der Waals surface area (Å²) in [6, 6.07) is 11.0. The number of amides is 1. The van der Waals surface area contributed by atoms with Crippen LogP contribution in [-0.4, -0.2) is 20.9 Å². The van der Waals surface area contributed by atoms with Crippen molar-refractivity contribution >= 4 is 21.6 Å². The Labute approximate surface area is 160 Å². The maximum Gasteiger partial charge on any atom is 0.241 e. The lowest BCUT2D eigenvalue weighted by Gasteiger charge is -2.17. The summed E-state index contributed by atoms with van der Waals surface area (Å²) in [6.07, 6.45) is 4.03. The van der Waals surface area contributed by atoms with Gasteiger partial charge < -0.3 is 4.90 Å². The van der Waals surface area contributed by atoms with Gasteiger partial charge in [0.2, 0.25) is 15.9 Å². The molecule has 0 fully saturated rings. The summed E-state index contributed by atoms with van der Waals surface area (Å²) >= 11 is 0. The molecule has 5 nitrogen and oxygen atoms in total. The highest BCUT2D eigenvalue weighted by Crippen LogP contribution is 2.31. The van der Waals surface area contributed by atoms with E-state index in [1.54, 1.807) is 23.1 Å². The number of carbonyl (C=O) groups excluding carboxylic acids is 1. The van der Waals surface area contributed by atoms with E-state index in [2.05, 4.69) is 16.9 Å². The minimum Gasteiger partial charge on any atom is -0.312 e.